The Morgan fingerprint density at radius 1 is 1.36 bits per heavy atom. The van der Waals surface area contributed by atoms with E-state index in [0.29, 0.717) is 6.10 Å². The molecule has 1 aliphatic heterocycles. The summed E-state index contributed by atoms with van der Waals surface area (Å²) >= 11 is 3.86. The van der Waals surface area contributed by atoms with Gasteiger partial charge in [0.05, 0.1) is 6.10 Å². The van der Waals surface area contributed by atoms with E-state index in [9.17, 15) is 0 Å². The van der Waals surface area contributed by atoms with Crippen molar-refractivity contribution in [1.29, 1.82) is 0 Å². The third-order valence-electron chi connectivity index (χ3n) is 2.63. The Hall–Kier alpha value is -0.510. The topological polar surface area (TPSA) is 12.5 Å². The first-order chi connectivity index (χ1) is 6.88. The summed E-state index contributed by atoms with van der Waals surface area (Å²) in [6.07, 6.45) is 1.40. The molecule has 1 unspecified atom stereocenters. The van der Waals surface area contributed by atoms with Gasteiger partial charge in [-0.15, -0.1) is 0 Å². The van der Waals surface area contributed by atoms with Gasteiger partial charge in [0.25, 0.3) is 0 Å². The Morgan fingerprint density at radius 2 is 2.14 bits per heavy atom. The normalized spacial score (nSPS) is 22.8. The van der Waals surface area contributed by atoms with E-state index in [4.69, 9.17) is 4.18 Å². The molecule has 1 heterocycles. The Kier molecular flexibility index (Phi) is 3.45. The minimum Gasteiger partial charge on any atom is -0.314 e. The molecule has 2 nitrogen and oxygen atoms in total. The van der Waals surface area contributed by atoms with Crippen LogP contribution < -0.4 is 0 Å². The summed E-state index contributed by atoms with van der Waals surface area (Å²) in [4.78, 5) is 2.40. The van der Waals surface area contributed by atoms with Crippen LogP contribution in [0.4, 0.5) is 0 Å². The SMILES string of the molecule is SOC1CCN(Cc2ccccc2)C1. The maximum atomic E-state index is 5.03. The summed E-state index contributed by atoms with van der Waals surface area (Å²) in [7, 11) is 0. The van der Waals surface area contributed by atoms with Crippen molar-refractivity contribution in [1.82, 2.24) is 4.90 Å². The fourth-order valence-electron chi connectivity index (χ4n) is 1.87. The maximum Gasteiger partial charge on any atom is 0.0858 e. The fraction of sp³-hybridized carbons (Fsp3) is 0.455. The molecule has 3 heteroatoms. The third-order valence-corrected chi connectivity index (χ3v) is 2.93. The van der Waals surface area contributed by atoms with Crippen molar-refractivity contribution in [3.63, 3.8) is 0 Å². The van der Waals surface area contributed by atoms with Gasteiger partial charge in [0, 0.05) is 19.6 Å². The van der Waals surface area contributed by atoms with E-state index >= 15 is 0 Å². The lowest BCUT2D eigenvalue weighted by atomic mass is 10.2. The van der Waals surface area contributed by atoms with E-state index in [0.717, 1.165) is 26.1 Å². The van der Waals surface area contributed by atoms with Gasteiger partial charge in [0.2, 0.25) is 0 Å². The first-order valence-corrected chi connectivity index (χ1v) is 5.31. The number of hydrogen-bond donors (Lipinski definition) is 1. The minimum atomic E-state index is 0.307. The summed E-state index contributed by atoms with van der Waals surface area (Å²) in [5, 5.41) is 0. The number of rotatable bonds is 3. The standard InChI is InChI=1S/C11H15NOS/c14-13-11-6-7-12(9-11)8-10-4-2-1-3-5-10/h1-5,11,14H,6-9H2. The van der Waals surface area contributed by atoms with Gasteiger partial charge in [-0.1, -0.05) is 30.3 Å². The molecule has 76 valence electrons. The van der Waals surface area contributed by atoms with Crippen molar-refractivity contribution in [3.8, 4) is 0 Å². The summed E-state index contributed by atoms with van der Waals surface area (Å²) in [6.45, 7) is 3.13. The van der Waals surface area contributed by atoms with E-state index in [1.807, 2.05) is 6.07 Å². The van der Waals surface area contributed by atoms with Gasteiger partial charge < -0.3 is 4.18 Å². The summed E-state index contributed by atoms with van der Waals surface area (Å²) in [6, 6.07) is 10.5. The van der Waals surface area contributed by atoms with Gasteiger partial charge in [-0.25, -0.2) is 0 Å². The van der Waals surface area contributed by atoms with Crippen molar-refractivity contribution < 1.29 is 4.18 Å². The second-order valence-corrected chi connectivity index (χ2v) is 3.95. The molecule has 0 amide bonds. The van der Waals surface area contributed by atoms with Crippen molar-refractivity contribution in [2.24, 2.45) is 0 Å². The van der Waals surface area contributed by atoms with Crippen molar-refractivity contribution in [2.45, 2.75) is 19.1 Å². The molecule has 0 saturated carbocycles. The maximum absolute atomic E-state index is 5.03. The zero-order valence-corrected chi connectivity index (χ0v) is 8.99. The number of hydrogen-bond acceptors (Lipinski definition) is 3. The minimum absolute atomic E-state index is 0.307. The second-order valence-electron chi connectivity index (χ2n) is 3.74. The van der Waals surface area contributed by atoms with E-state index in [2.05, 4.69) is 42.1 Å². The predicted molar refractivity (Wildman–Crippen MR) is 60.2 cm³/mol. The Labute approximate surface area is 90.5 Å². The Bertz CT molecular complexity index is 278. The monoisotopic (exact) mass is 209 g/mol. The van der Waals surface area contributed by atoms with Gasteiger partial charge in [-0.2, -0.15) is 0 Å². The molecular weight excluding hydrogens is 194 g/mol. The van der Waals surface area contributed by atoms with Gasteiger partial charge in [-0.3, -0.25) is 4.90 Å². The molecule has 1 saturated heterocycles. The van der Waals surface area contributed by atoms with Gasteiger partial charge in [0.1, 0.15) is 0 Å². The van der Waals surface area contributed by atoms with Crippen LogP contribution in [0.3, 0.4) is 0 Å². The summed E-state index contributed by atoms with van der Waals surface area (Å²) in [5.41, 5.74) is 1.37. The highest BCUT2D eigenvalue weighted by Gasteiger charge is 2.22. The molecule has 0 aromatic heterocycles. The Balaban J connectivity index is 1.88. The van der Waals surface area contributed by atoms with Gasteiger partial charge >= 0.3 is 0 Å². The molecule has 14 heavy (non-hydrogen) atoms. The molecule has 0 spiro atoms. The molecule has 0 radical (unpaired) electrons. The van der Waals surface area contributed by atoms with Crippen LogP contribution in [0.2, 0.25) is 0 Å². The molecule has 2 rings (SSSR count). The Morgan fingerprint density at radius 3 is 2.79 bits per heavy atom. The first kappa shape index (κ1) is 10.0. The molecule has 1 aromatic rings. The smallest absolute Gasteiger partial charge is 0.0858 e. The van der Waals surface area contributed by atoms with Crippen molar-refractivity contribution in [3.05, 3.63) is 35.9 Å². The molecule has 1 atom stereocenters. The van der Waals surface area contributed by atoms with Crippen LogP contribution >= 0.6 is 12.9 Å². The van der Waals surface area contributed by atoms with Crippen LogP contribution in [-0.2, 0) is 10.7 Å². The lowest BCUT2D eigenvalue weighted by Gasteiger charge is -2.14. The first-order valence-electron chi connectivity index (χ1n) is 4.95. The summed E-state index contributed by atoms with van der Waals surface area (Å²) in [5.74, 6) is 0. The van der Waals surface area contributed by atoms with Crippen LogP contribution in [0.15, 0.2) is 30.3 Å². The van der Waals surface area contributed by atoms with E-state index in [1.165, 1.54) is 5.56 Å². The molecule has 1 fully saturated rings. The van der Waals surface area contributed by atoms with E-state index in [-0.39, 0.29) is 0 Å². The summed E-state index contributed by atoms with van der Waals surface area (Å²) < 4.78 is 5.03. The lowest BCUT2D eigenvalue weighted by molar-refractivity contribution is 0.234. The van der Waals surface area contributed by atoms with Crippen LogP contribution in [0, 0.1) is 0 Å². The third kappa shape index (κ3) is 2.50. The van der Waals surface area contributed by atoms with Crippen LogP contribution in [0.5, 0.6) is 0 Å². The molecule has 1 aromatic carbocycles. The number of likely N-dealkylation sites (tertiary alicyclic amines) is 1. The largest absolute Gasteiger partial charge is 0.314 e. The van der Waals surface area contributed by atoms with Crippen LogP contribution in [0.1, 0.15) is 12.0 Å². The highest BCUT2D eigenvalue weighted by atomic mass is 32.1. The number of benzene rings is 1. The van der Waals surface area contributed by atoms with E-state index in [1.54, 1.807) is 0 Å². The number of nitrogens with zero attached hydrogens (tertiary/aromatic N) is 1. The van der Waals surface area contributed by atoms with Crippen molar-refractivity contribution >= 4 is 12.9 Å². The van der Waals surface area contributed by atoms with E-state index < -0.39 is 0 Å². The highest BCUT2D eigenvalue weighted by molar-refractivity contribution is 7.75. The van der Waals surface area contributed by atoms with Crippen molar-refractivity contribution in [2.75, 3.05) is 13.1 Å². The average molecular weight is 209 g/mol. The van der Waals surface area contributed by atoms with Crippen LogP contribution in [-0.4, -0.2) is 24.1 Å². The quantitative estimate of drug-likeness (QED) is 0.605. The molecule has 1 aliphatic rings. The second kappa shape index (κ2) is 4.82. The van der Waals surface area contributed by atoms with Gasteiger partial charge in [-0.05, 0) is 24.9 Å². The number of thiol groups is 1. The molecule has 0 aliphatic carbocycles. The molecule has 0 bridgehead atoms. The fourth-order valence-corrected chi connectivity index (χ4v) is 2.04. The highest BCUT2D eigenvalue weighted by Crippen LogP contribution is 2.16. The predicted octanol–water partition coefficient (Wildman–Crippen LogP) is 2.12. The zero-order chi connectivity index (χ0) is 9.80. The molecule has 0 N–H and O–H groups in total. The van der Waals surface area contributed by atoms with Crippen LogP contribution in [0.25, 0.3) is 0 Å². The lowest BCUT2D eigenvalue weighted by Crippen LogP contribution is -2.21. The zero-order valence-electron chi connectivity index (χ0n) is 8.10. The molecular formula is C11H15NOS. The average Bonchev–Trinajstić information content (AvgIpc) is 2.67. The van der Waals surface area contributed by atoms with Gasteiger partial charge in [0.15, 0.2) is 0 Å².